The van der Waals surface area contributed by atoms with Crippen LogP contribution >= 0.6 is 0 Å². The molecule has 0 saturated heterocycles. The first-order chi connectivity index (χ1) is 10.1. The van der Waals surface area contributed by atoms with Crippen molar-refractivity contribution in [2.45, 2.75) is 18.0 Å². The van der Waals surface area contributed by atoms with Crippen molar-refractivity contribution in [1.82, 2.24) is 4.90 Å². The zero-order chi connectivity index (χ0) is 14.8. The van der Waals surface area contributed by atoms with E-state index in [1.165, 1.54) is 11.1 Å². The number of hydrogen-bond acceptors (Lipinski definition) is 2. The van der Waals surface area contributed by atoms with Gasteiger partial charge < -0.3 is 10.2 Å². The second-order valence-electron chi connectivity index (χ2n) is 5.04. The summed E-state index contributed by atoms with van der Waals surface area (Å²) in [5.41, 5.74) is 3.05. The Morgan fingerprint density at radius 1 is 1.10 bits per heavy atom. The predicted molar refractivity (Wildman–Crippen MR) is 83.5 cm³/mol. The van der Waals surface area contributed by atoms with Gasteiger partial charge in [-0.3, -0.25) is 4.21 Å². The molecule has 1 aliphatic rings. The van der Waals surface area contributed by atoms with E-state index in [-0.39, 0.29) is 6.03 Å². The van der Waals surface area contributed by atoms with Crippen LogP contribution in [0.3, 0.4) is 0 Å². The molecule has 0 fully saturated rings. The Hall–Kier alpha value is -2.14. The zero-order valence-corrected chi connectivity index (χ0v) is 12.5. The van der Waals surface area contributed by atoms with Gasteiger partial charge in [-0.1, -0.05) is 30.3 Å². The van der Waals surface area contributed by atoms with E-state index in [4.69, 9.17) is 0 Å². The summed E-state index contributed by atoms with van der Waals surface area (Å²) in [6.45, 7) is 1.25. The van der Waals surface area contributed by atoms with Crippen molar-refractivity contribution in [3.05, 3.63) is 59.7 Å². The summed E-state index contributed by atoms with van der Waals surface area (Å²) < 4.78 is 11.5. The fourth-order valence-electron chi connectivity index (χ4n) is 2.43. The number of fused-ring (bicyclic) bond motifs is 1. The zero-order valence-electron chi connectivity index (χ0n) is 11.7. The lowest BCUT2D eigenvalue weighted by molar-refractivity contribution is 0.212. The molecule has 21 heavy (non-hydrogen) atoms. The highest BCUT2D eigenvalue weighted by molar-refractivity contribution is 7.84. The highest BCUT2D eigenvalue weighted by atomic mass is 32.2. The number of rotatable bonds is 2. The number of hydrogen-bond donors (Lipinski definition) is 1. The van der Waals surface area contributed by atoms with Crippen LogP contribution in [0.4, 0.5) is 10.5 Å². The summed E-state index contributed by atoms with van der Waals surface area (Å²) in [6, 6.07) is 15.1. The number of nitrogens with zero attached hydrogens (tertiary/aromatic N) is 1. The number of carbonyl (C=O) groups excluding carboxylic acids is 1. The number of anilines is 1. The molecule has 3 rings (SSSR count). The summed E-state index contributed by atoms with van der Waals surface area (Å²) in [4.78, 5) is 14.8. The molecule has 0 saturated carbocycles. The van der Waals surface area contributed by atoms with E-state index in [1.807, 2.05) is 24.3 Å². The molecule has 2 amide bonds. The van der Waals surface area contributed by atoms with Crippen LogP contribution in [0.5, 0.6) is 0 Å². The molecular weight excluding hydrogens is 284 g/mol. The first-order valence-electron chi connectivity index (χ1n) is 6.70. The van der Waals surface area contributed by atoms with E-state index >= 15 is 0 Å². The van der Waals surface area contributed by atoms with Crippen molar-refractivity contribution in [3.8, 4) is 0 Å². The lowest BCUT2D eigenvalue weighted by Crippen LogP contribution is -2.30. The third-order valence-corrected chi connectivity index (χ3v) is 4.46. The van der Waals surface area contributed by atoms with Crippen molar-refractivity contribution in [1.29, 1.82) is 0 Å². The van der Waals surface area contributed by atoms with Crippen LogP contribution in [0.15, 0.2) is 53.4 Å². The monoisotopic (exact) mass is 300 g/mol. The minimum Gasteiger partial charge on any atom is -0.316 e. The molecule has 4 nitrogen and oxygen atoms in total. The topological polar surface area (TPSA) is 49.4 Å². The number of nitrogens with one attached hydrogen (secondary N) is 1. The van der Waals surface area contributed by atoms with E-state index in [9.17, 15) is 9.00 Å². The van der Waals surface area contributed by atoms with E-state index in [2.05, 4.69) is 5.32 Å². The molecule has 0 radical (unpaired) electrons. The maximum Gasteiger partial charge on any atom is 0.322 e. The van der Waals surface area contributed by atoms with Gasteiger partial charge in [0.1, 0.15) is 0 Å². The molecule has 0 spiro atoms. The molecule has 0 aromatic heterocycles. The number of amides is 2. The van der Waals surface area contributed by atoms with Gasteiger partial charge in [-0.2, -0.15) is 0 Å². The average Bonchev–Trinajstić information content (AvgIpc) is 2.91. The third-order valence-electron chi connectivity index (χ3n) is 3.55. The third kappa shape index (κ3) is 2.97. The van der Waals surface area contributed by atoms with Gasteiger partial charge in [0.15, 0.2) is 0 Å². The largest absolute Gasteiger partial charge is 0.322 e. The molecule has 0 bridgehead atoms. The maximum absolute atomic E-state index is 12.3. The average molecular weight is 300 g/mol. The second-order valence-corrected chi connectivity index (χ2v) is 6.42. The smallest absolute Gasteiger partial charge is 0.316 e. The Morgan fingerprint density at radius 3 is 2.38 bits per heavy atom. The molecule has 5 heteroatoms. The lowest BCUT2D eigenvalue weighted by atomic mass is 10.1. The maximum atomic E-state index is 12.3. The second kappa shape index (κ2) is 5.69. The standard InChI is InChI=1S/C16H16N2O2S/c1-21(20)15-8-4-7-14(9-15)17-16(19)18-10-12-5-2-3-6-13(12)11-18/h2-9H,10-11H2,1H3,(H,17,19)/t21-/m1/s1. The van der Waals surface area contributed by atoms with Crippen LogP contribution in [0, 0.1) is 0 Å². The molecule has 1 N–H and O–H groups in total. The highest BCUT2D eigenvalue weighted by Crippen LogP contribution is 2.23. The summed E-state index contributed by atoms with van der Waals surface area (Å²) in [5, 5.41) is 2.87. The van der Waals surface area contributed by atoms with E-state index < -0.39 is 10.8 Å². The van der Waals surface area contributed by atoms with Crippen molar-refractivity contribution in [2.75, 3.05) is 11.6 Å². The Labute approximate surface area is 126 Å². The molecule has 1 aliphatic heterocycles. The van der Waals surface area contributed by atoms with Gasteiger partial charge in [0.2, 0.25) is 0 Å². The normalized spacial score (nSPS) is 14.6. The van der Waals surface area contributed by atoms with Crippen LogP contribution in [-0.2, 0) is 23.9 Å². The highest BCUT2D eigenvalue weighted by Gasteiger charge is 2.22. The van der Waals surface area contributed by atoms with Gasteiger partial charge >= 0.3 is 6.03 Å². The Balaban J connectivity index is 1.71. The predicted octanol–water partition coefficient (Wildman–Crippen LogP) is 2.97. The van der Waals surface area contributed by atoms with Gasteiger partial charge in [-0.25, -0.2) is 4.79 Å². The number of urea groups is 1. The van der Waals surface area contributed by atoms with Crippen molar-refractivity contribution >= 4 is 22.5 Å². The molecule has 1 atom stereocenters. The fourth-order valence-corrected chi connectivity index (χ4v) is 3.00. The SMILES string of the molecule is C[S@@](=O)c1cccc(NC(=O)N2Cc3ccccc3C2)c1. The molecule has 2 aromatic carbocycles. The lowest BCUT2D eigenvalue weighted by Gasteiger charge is -2.16. The van der Waals surface area contributed by atoms with Gasteiger partial charge in [0.05, 0.1) is 0 Å². The van der Waals surface area contributed by atoms with Gasteiger partial charge in [-0.15, -0.1) is 0 Å². The van der Waals surface area contributed by atoms with Gasteiger partial charge in [-0.05, 0) is 29.3 Å². The summed E-state index contributed by atoms with van der Waals surface area (Å²) in [6.07, 6.45) is 1.62. The minimum absolute atomic E-state index is 0.134. The molecular formula is C16H16N2O2S. The first-order valence-corrected chi connectivity index (χ1v) is 8.25. The Kier molecular flexibility index (Phi) is 3.75. The van der Waals surface area contributed by atoms with Crippen molar-refractivity contribution < 1.29 is 9.00 Å². The van der Waals surface area contributed by atoms with E-state index in [0.717, 1.165) is 0 Å². The molecule has 0 unspecified atom stereocenters. The van der Waals surface area contributed by atoms with Gasteiger partial charge in [0.25, 0.3) is 0 Å². The van der Waals surface area contributed by atoms with E-state index in [1.54, 1.807) is 35.4 Å². The van der Waals surface area contributed by atoms with Crippen molar-refractivity contribution in [2.24, 2.45) is 0 Å². The molecule has 0 aliphatic carbocycles. The van der Waals surface area contributed by atoms with Crippen LogP contribution in [0.25, 0.3) is 0 Å². The Bertz CT molecular complexity index is 690. The van der Waals surface area contributed by atoms with Crippen molar-refractivity contribution in [3.63, 3.8) is 0 Å². The van der Waals surface area contributed by atoms with E-state index in [0.29, 0.717) is 23.7 Å². The summed E-state index contributed by atoms with van der Waals surface area (Å²) in [5.74, 6) is 0. The molecule has 108 valence electrons. The molecule has 1 heterocycles. The molecule has 2 aromatic rings. The van der Waals surface area contributed by atoms with Gasteiger partial charge in [0, 0.05) is 40.7 Å². The minimum atomic E-state index is -1.05. The quantitative estimate of drug-likeness (QED) is 0.927. The Morgan fingerprint density at radius 2 is 1.76 bits per heavy atom. The summed E-state index contributed by atoms with van der Waals surface area (Å²) >= 11 is 0. The first kappa shape index (κ1) is 13.8. The summed E-state index contributed by atoms with van der Waals surface area (Å²) in [7, 11) is -1.05. The van der Waals surface area contributed by atoms with Crippen LogP contribution in [-0.4, -0.2) is 21.4 Å². The fraction of sp³-hybridized carbons (Fsp3) is 0.188. The number of benzene rings is 2. The van der Waals surface area contributed by atoms with Crippen LogP contribution < -0.4 is 5.32 Å². The number of carbonyl (C=O) groups is 1. The van der Waals surface area contributed by atoms with Crippen LogP contribution in [0.1, 0.15) is 11.1 Å². The van der Waals surface area contributed by atoms with Crippen LogP contribution in [0.2, 0.25) is 0 Å².